The Balaban J connectivity index is 0.000000157. The Morgan fingerprint density at radius 2 is 0.615 bits per heavy atom. The molecule has 0 aliphatic rings. The van der Waals surface area contributed by atoms with Gasteiger partial charge in [0.05, 0.1) is 59.9 Å². The van der Waals surface area contributed by atoms with Gasteiger partial charge in [0.15, 0.2) is 0 Å². The topological polar surface area (TPSA) is 341 Å². The molecule has 0 radical (unpaired) electrons. The summed E-state index contributed by atoms with van der Waals surface area (Å²) in [5, 5.41) is 71.3. The van der Waals surface area contributed by atoms with Gasteiger partial charge in [-0.1, -0.05) is 201 Å². The van der Waals surface area contributed by atoms with Crippen LogP contribution in [0, 0.1) is 6.92 Å². The van der Waals surface area contributed by atoms with Crippen molar-refractivity contribution < 1.29 is 87.0 Å². The Morgan fingerprint density at radius 1 is 0.354 bits per heavy atom. The molecule has 5 amide bonds. The molecule has 33 heteroatoms. The maximum atomic E-state index is 13.3. The fraction of sp³-hybridized carbons (Fsp3) is 0.0722. The summed E-state index contributed by atoms with van der Waals surface area (Å²) in [7, 11) is 1.54. The molecule has 15 aromatic rings. The number of alkyl halides is 2. The molecule has 5 heterocycles. The Labute approximate surface area is 794 Å². The van der Waals surface area contributed by atoms with Gasteiger partial charge in [0.25, 0.3) is 35.5 Å². The zero-order chi connectivity index (χ0) is 93.6. The number of rotatable bonds is 24. The van der Waals surface area contributed by atoms with Gasteiger partial charge >= 0.3 is 29.8 Å². The van der Waals surface area contributed by atoms with E-state index in [9.17, 15) is 82.3 Å². The molecule has 15 rings (SSSR count). The molecule has 0 unspecified atom stereocenters. The zero-order valence-corrected chi connectivity index (χ0v) is 77.9. The van der Waals surface area contributed by atoms with Crippen LogP contribution >= 0.6 is 123 Å². The minimum atomic E-state index is -3.00. The molecule has 0 aliphatic heterocycles. The summed E-state index contributed by atoms with van der Waals surface area (Å²) in [4.78, 5) is 124. The van der Waals surface area contributed by atoms with Gasteiger partial charge in [0.2, 0.25) is 0 Å². The monoisotopic (exact) mass is 2020 g/mol. The van der Waals surface area contributed by atoms with E-state index in [1.165, 1.54) is 93.6 Å². The number of hydrogen-bond acceptors (Lipinski definition) is 16. The third-order valence-electron chi connectivity index (χ3n) is 18.9. The highest BCUT2D eigenvalue weighted by molar-refractivity contribution is 9.10. The van der Waals surface area contributed by atoms with Crippen molar-refractivity contribution in [2.24, 2.45) is 0 Å². The number of benzene rings is 10. The zero-order valence-electron chi connectivity index (χ0n) is 68.4. The van der Waals surface area contributed by atoms with Crippen molar-refractivity contribution in [3.8, 4) is 58.0 Å². The normalized spacial score (nSPS) is 10.6. The Kier molecular flexibility index (Phi) is 33.9. The van der Waals surface area contributed by atoms with E-state index in [1.54, 1.807) is 203 Å². The molecule has 0 aliphatic carbocycles. The number of carboxylic acid groups (broad SMARTS) is 5. The summed E-state index contributed by atoms with van der Waals surface area (Å²) in [5.74, 6) is -9.88. The number of carboxylic acids is 5. The third-order valence-corrected chi connectivity index (χ3v) is 25.8. The van der Waals surface area contributed by atoms with Crippen LogP contribution in [0.5, 0.6) is 5.75 Å². The lowest BCUT2D eigenvalue weighted by Crippen LogP contribution is -2.14. The Bertz CT molecular complexity index is 6630. The van der Waals surface area contributed by atoms with Crippen molar-refractivity contribution in [3.05, 3.63) is 372 Å². The van der Waals surface area contributed by atoms with E-state index in [2.05, 4.69) is 65.4 Å². The minimum Gasteiger partial charge on any atom is -0.497 e. The van der Waals surface area contributed by atoms with E-state index in [0.29, 0.717) is 84.4 Å². The first-order chi connectivity index (χ1) is 62.2. The van der Waals surface area contributed by atoms with Crippen LogP contribution < -0.4 is 31.3 Å². The molecule has 0 spiro atoms. The average molecular weight is 2030 g/mol. The molecule has 130 heavy (non-hydrogen) atoms. The molecule has 0 saturated heterocycles. The number of anilines is 5. The number of carbonyl (C=O) groups excluding carboxylic acids is 5. The number of aromatic carboxylic acids is 5. The second kappa shape index (κ2) is 45.2. The maximum Gasteiger partial charge on any atom is 0.339 e. The molecule has 21 nitrogen and oxygen atoms in total. The number of amides is 5. The fourth-order valence-corrected chi connectivity index (χ4v) is 18.4. The predicted octanol–water partition coefficient (Wildman–Crippen LogP) is 27.7. The fourth-order valence-electron chi connectivity index (χ4n) is 12.5. The van der Waals surface area contributed by atoms with Crippen LogP contribution in [-0.2, 0) is 12.3 Å². The molecule has 660 valence electrons. The molecule has 0 saturated carbocycles. The van der Waals surface area contributed by atoms with Gasteiger partial charge in [-0.05, 0) is 180 Å². The van der Waals surface area contributed by atoms with Gasteiger partial charge in [0, 0.05) is 91.2 Å². The van der Waals surface area contributed by atoms with Crippen LogP contribution in [-0.4, -0.2) is 92.0 Å². The number of ether oxygens (including phenoxy) is 1. The number of hydrogen-bond donors (Lipinski definition) is 10. The van der Waals surface area contributed by atoms with Crippen molar-refractivity contribution >= 4 is 211 Å². The molecule has 10 N–H and O–H groups in total. The van der Waals surface area contributed by atoms with Gasteiger partial charge < -0.3 is 56.9 Å². The van der Waals surface area contributed by atoms with Crippen molar-refractivity contribution in [2.45, 2.75) is 39.5 Å². The summed E-state index contributed by atoms with van der Waals surface area (Å²) in [5.41, 5.74) is 9.23. The second-order valence-electron chi connectivity index (χ2n) is 28.0. The highest BCUT2D eigenvalue weighted by Gasteiger charge is 2.29. The first-order valence-corrected chi connectivity index (χ1v) is 45.7. The number of aryl methyl sites for hydroxylation is 2. The standard InChI is InChI=1S/C21H18ClNO3S.C20H14BrF2NO3S.C19H14ClNO4S.C19H14ClNO3S.C18H12BrNO3S/c1-2-3-13-4-6-15(7-5-13)20(24)23-17-12-27-19(18(17)21(25)26)14-8-10-16(22)11-9-14;1-20(22,23)13-6-2-12(3-7-13)18(25)24-15-10-28-17(16(15)19(26)27)11-4-8-14(21)9-5-11;1-25-14-8-4-12(5-9-14)18(22)21-15-10-26-17(16(15)19(23)24)11-2-6-13(20)7-3-11;1-11-3-2-4-13(9-11)18(22)21-15-10-25-17(16(15)19(23)24)12-5-7-14(20)8-6-12;19-13-8-6-11(7-9-13)16-15(18(22)23)14(10-24-16)20-17(21)12-4-2-1-3-5-12/h4-12H,2-3H2,1H3,(H,23,24)(H,25,26);2-10H,1H3,(H,24,25)(H,26,27);2-10H,1H3,(H,21,22)(H,23,24);2-10H,1H3,(H,21,22)(H,23,24);1-10H,(H,20,21)(H,22,23). The second-order valence-corrected chi connectivity index (χ2v) is 35.5. The smallest absolute Gasteiger partial charge is 0.339 e. The van der Waals surface area contributed by atoms with Crippen molar-refractivity contribution in [1.82, 2.24) is 0 Å². The Hall–Kier alpha value is -13.1. The first kappa shape index (κ1) is 97.5. The number of carbonyl (C=O) groups is 10. The Morgan fingerprint density at radius 3 is 0.885 bits per heavy atom. The molecular formula is C97H72Br2Cl3F2N5O16S5. The number of methoxy groups -OCH3 is 1. The van der Waals surface area contributed by atoms with Gasteiger partial charge in [-0.3, -0.25) is 24.0 Å². The van der Waals surface area contributed by atoms with E-state index < -0.39 is 47.6 Å². The van der Waals surface area contributed by atoms with E-state index in [4.69, 9.17) is 39.5 Å². The summed E-state index contributed by atoms with van der Waals surface area (Å²) in [6.07, 6.45) is 2.00. The van der Waals surface area contributed by atoms with Gasteiger partial charge in [-0.25, -0.2) is 32.8 Å². The highest BCUT2D eigenvalue weighted by Crippen LogP contribution is 2.43. The van der Waals surface area contributed by atoms with Crippen molar-refractivity contribution in [2.75, 3.05) is 33.7 Å². The number of halogens is 7. The lowest BCUT2D eigenvalue weighted by molar-refractivity contribution is 0.0173. The molecule has 0 bridgehead atoms. The highest BCUT2D eigenvalue weighted by atomic mass is 79.9. The molecular weight excluding hydrogens is 1960 g/mol. The molecule has 0 fully saturated rings. The third kappa shape index (κ3) is 25.7. The van der Waals surface area contributed by atoms with E-state index in [0.717, 1.165) is 56.5 Å². The van der Waals surface area contributed by atoms with Gasteiger partial charge in [0.1, 0.15) is 33.6 Å². The van der Waals surface area contributed by atoms with Crippen LogP contribution in [0.4, 0.5) is 37.2 Å². The summed E-state index contributed by atoms with van der Waals surface area (Å²) >= 11 is 30.6. The molecule has 0 atom stereocenters. The van der Waals surface area contributed by atoms with Crippen molar-refractivity contribution in [3.63, 3.8) is 0 Å². The quantitative estimate of drug-likeness (QED) is 0.0269. The predicted molar refractivity (Wildman–Crippen MR) is 521 cm³/mol. The minimum absolute atomic E-state index is 0.0163. The van der Waals surface area contributed by atoms with Crippen LogP contribution in [0.3, 0.4) is 0 Å². The summed E-state index contributed by atoms with van der Waals surface area (Å²) in [6, 6.07) is 69.9. The van der Waals surface area contributed by atoms with Crippen LogP contribution in [0.2, 0.25) is 15.1 Å². The lowest BCUT2D eigenvalue weighted by atomic mass is 10.1. The maximum absolute atomic E-state index is 13.3. The summed E-state index contributed by atoms with van der Waals surface area (Å²) in [6.45, 7) is 4.77. The van der Waals surface area contributed by atoms with E-state index >= 15 is 0 Å². The summed E-state index contributed by atoms with van der Waals surface area (Å²) < 4.78 is 33.4. The van der Waals surface area contributed by atoms with E-state index in [-0.39, 0.29) is 73.7 Å². The molecule has 10 aromatic carbocycles. The number of nitrogens with one attached hydrogen (secondary N) is 5. The van der Waals surface area contributed by atoms with Crippen LogP contribution in [0.25, 0.3) is 52.2 Å². The first-order valence-electron chi connectivity index (χ1n) is 38.6. The van der Waals surface area contributed by atoms with Gasteiger partial charge in [-0.15, -0.1) is 56.7 Å². The van der Waals surface area contributed by atoms with Crippen molar-refractivity contribution in [1.29, 1.82) is 0 Å². The van der Waals surface area contributed by atoms with E-state index in [1.807, 2.05) is 55.5 Å². The SMILES string of the molecule is CC(F)(F)c1ccc(C(=O)Nc2csc(-c3ccc(Br)cc3)c2C(=O)O)cc1.CCCc1ccc(C(=O)Nc2csc(-c3ccc(Cl)cc3)c2C(=O)O)cc1.COc1ccc(C(=O)Nc2csc(-c3ccc(Cl)cc3)c2C(=O)O)cc1.Cc1cccc(C(=O)Nc2csc(-c3ccc(Cl)cc3)c2C(=O)O)c1.O=C(Nc1csc(-c2ccc(Br)cc2)c1C(=O)O)c1ccccc1. The average Bonchev–Trinajstić information content (AvgIpc) is 1.67. The number of thiophene rings is 5. The molecule has 5 aromatic heterocycles. The van der Waals surface area contributed by atoms with Gasteiger partial charge in [-0.2, -0.15) is 0 Å². The lowest BCUT2D eigenvalue weighted by Gasteiger charge is -2.11. The van der Waals surface area contributed by atoms with Crippen LogP contribution in [0.15, 0.2) is 285 Å². The largest absolute Gasteiger partial charge is 0.497 e. The van der Waals surface area contributed by atoms with Crippen LogP contribution in [0.1, 0.15) is 141 Å².